The molecule has 0 aliphatic rings. The van der Waals surface area contributed by atoms with E-state index in [2.05, 4.69) is 79.5 Å². The lowest BCUT2D eigenvalue weighted by molar-refractivity contribution is 0.243. The van der Waals surface area contributed by atoms with Gasteiger partial charge in [0.05, 0.1) is 11.4 Å². The van der Waals surface area contributed by atoms with E-state index in [0.29, 0.717) is 5.92 Å². The molecule has 0 aliphatic heterocycles. The van der Waals surface area contributed by atoms with Gasteiger partial charge in [-0.05, 0) is 87.5 Å². The van der Waals surface area contributed by atoms with Crippen LogP contribution in [-0.2, 0) is 19.5 Å². The first-order valence-corrected chi connectivity index (χ1v) is 11.8. The predicted octanol–water partition coefficient (Wildman–Crippen LogP) is 5.44. The molecule has 0 saturated heterocycles. The smallest absolute Gasteiger partial charge is 0.0578 e. The Morgan fingerprint density at radius 3 is 2.47 bits per heavy atom. The molecular weight excluding hydrogens is 392 g/mol. The molecule has 32 heavy (non-hydrogen) atoms. The molecule has 0 aliphatic carbocycles. The molecule has 3 rings (SSSR count). The number of nitrogens with zero attached hydrogens (tertiary/aromatic N) is 3. The summed E-state index contributed by atoms with van der Waals surface area (Å²) < 4.78 is 0. The first-order valence-electron chi connectivity index (χ1n) is 11.8. The summed E-state index contributed by atoms with van der Waals surface area (Å²) in [6.45, 7) is 10.4. The highest BCUT2D eigenvalue weighted by Gasteiger charge is 2.16. The number of aryl methyl sites for hydroxylation is 2. The summed E-state index contributed by atoms with van der Waals surface area (Å²) >= 11 is 0. The Balaban J connectivity index is 1.77. The highest BCUT2D eigenvalue weighted by atomic mass is 15.1. The highest BCUT2D eigenvalue weighted by Crippen LogP contribution is 2.24. The summed E-state index contributed by atoms with van der Waals surface area (Å²) in [7, 11) is 2.02. The van der Waals surface area contributed by atoms with Crippen LogP contribution in [0.3, 0.4) is 0 Å². The maximum atomic E-state index is 4.83. The van der Waals surface area contributed by atoms with Crippen LogP contribution in [0.15, 0.2) is 60.9 Å². The second-order valence-corrected chi connectivity index (χ2v) is 8.93. The van der Waals surface area contributed by atoms with Crippen molar-refractivity contribution in [3.8, 4) is 0 Å². The normalized spacial score (nSPS) is 12.3. The van der Waals surface area contributed by atoms with Crippen molar-refractivity contribution in [2.75, 3.05) is 20.1 Å². The maximum Gasteiger partial charge on any atom is 0.0578 e. The van der Waals surface area contributed by atoms with Crippen LogP contribution in [0.4, 0.5) is 0 Å². The van der Waals surface area contributed by atoms with E-state index in [-0.39, 0.29) is 0 Å². The van der Waals surface area contributed by atoms with E-state index in [1.54, 1.807) is 0 Å². The van der Waals surface area contributed by atoms with E-state index in [1.807, 2.05) is 19.4 Å². The second-order valence-electron chi connectivity index (χ2n) is 8.93. The van der Waals surface area contributed by atoms with Gasteiger partial charge < -0.3 is 5.32 Å². The Morgan fingerprint density at radius 1 is 0.938 bits per heavy atom. The fourth-order valence-corrected chi connectivity index (χ4v) is 4.29. The van der Waals surface area contributed by atoms with Gasteiger partial charge in [-0.1, -0.05) is 49.4 Å². The van der Waals surface area contributed by atoms with E-state index >= 15 is 0 Å². The van der Waals surface area contributed by atoms with Crippen LogP contribution >= 0.6 is 0 Å². The van der Waals surface area contributed by atoms with Crippen LogP contribution in [0, 0.1) is 13.8 Å². The molecule has 1 N–H and O–H groups in total. The van der Waals surface area contributed by atoms with Gasteiger partial charge in [-0.25, -0.2) is 0 Å². The van der Waals surface area contributed by atoms with E-state index in [0.717, 1.165) is 39.0 Å². The fourth-order valence-electron chi connectivity index (χ4n) is 4.29. The van der Waals surface area contributed by atoms with Crippen LogP contribution in [0.5, 0.6) is 0 Å². The van der Waals surface area contributed by atoms with Gasteiger partial charge in [0.2, 0.25) is 0 Å². The topological polar surface area (TPSA) is 41.0 Å². The van der Waals surface area contributed by atoms with Gasteiger partial charge in [0, 0.05) is 25.5 Å². The average molecular weight is 431 g/mol. The number of aromatic nitrogens is 2. The zero-order valence-corrected chi connectivity index (χ0v) is 20.1. The van der Waals surface area contributed by atoms with Gasteiger partial charge in [-0.2, -0.15) is 0 Å². The monoisotopic (exact) mass is 430 g/mol. The van der Waals surface area contributed by atoms with Crippen molar-refractivity contribution in [3.05, 3.63) is 94.6 Å². The van der Waals surface area contributed by atoms with Crippen LogP contribution in [0.2, 0.25) is 0 Å². The third-order valence-corrected chi connectivity index (χ3v) is 6.06. The van der Waals surface area contributed by atoms with Crippen molar-refractivity contribution < 1.29 is 0 Å². The minimum absolute atomic E-state index is 0.423. The summed E-state index contributed by atoms with van der Waals surface area (Å²) in [5, 5.41) is 3.26. The summed E-state index contributed by atoms with van der Waals surface area (Å²) in [5.41, 5.74) is 7.56. The van der Waals surface area contributed by atoms with Crippen molar-refractivity contribution in [2.24, 2.45) is 0 Å². The number of hydrogen-bond acceptors (Lipinski definition) is 4. The molecule has 170 valence electrons. The number of unbranched alkanes of at least 4 members (excludes halogenated alkanes) is 1. The molecule has 2 aromatic heterocycles. The SMILES string of the molecule is CNCCCCN(Cc1ncc(C)cc1C)Cc1ncccc1C(C)Cc1ccccc1. The highest BCUT2D eigenvalue weighted by molar-refractivity contribution is 5.27. The molecule has 1 unspecified atom stereocenters. The minimum Gasteiger partial charge on any atom is -0.320 e. The zero-order valence-electron chi connectivity index (χ0n) is 20.1. The second kappa shape index (κ2) is 12.5. The first kappa shape index (κ1) is 24.1. The first-order chi connectivity index (χ1) is 15.6. The summed E-state index contributed by atoms with van der Waals surface area (Å²) in [5.74, 6) is 0.423. The third kappa shape index (κ3) is 7.25. The van der Waals surface area contributed by atoms with Crippen molar-refractivity contribution >= 4 is 0 Å². The van der Waals surface area contributed by atoms with E-state index in [9.17, 15) is 0 Å². The molecule has 2 heterocycles. The molecule has 0 bridgehead atoms. The lowest BCUT2D eigenvalue weighted by Gasteiger charge is -2.25. The van der Waals surface area contributed by atoms with Crippen molar-refractivity contribution in [1.82, 2.24) is 20.2 Å². The number of nitrogens with one attached hydrogen (secondary N) is 1. The van der Waals surface area contributed by atoms with Crippen LogP contribution < -0.4 is 5.32 Å². The third-order valence-electron chi connectivity index (χ3n) is 6.06. The molecule has 1 aromatic carbocycles. The van der Waals surface area contributed by atoms with E-state index in [1.165, 1.54) is 40.1 Å². The molecule has 1 atom stereocenters. The zero-order chi connectivity index (χ0) is 22.8. The average Bonchev–Trinajstić information content (AvgIpc) is 2.79. The molecule has 0 saturated carbocycles. The van der Waals surface area contributed by atoms with Crippen molar-refractivity contribution in [2.45, 2.75) is 59.0 Å². The predicted molar refractivity (Wildman–Crippen MR) is 134 cm³/mol. The molecule has 0 radical (unpaired) electrons. The van der Waals surface area contributed by atoms with Gasteiger partial charge in [0.15, 0.2) is 0 Å². The Bertz CT molecular complexity index is 955. The Kier molecular flexibility index (Phi) is 9.39. The molecule has 0 fully saturated rings. The van der Waals surface area contributed by atoms with Gasteiger partial charge in [-0.15, -0.1) is 0 Å². The van der Waals surface area contributed by atoms with E-state index < -0.39 is 0 Å². The van der Waals surface area contributed by atoms with Gasteiger partial charge in [0.25, 0.3) is 0 Å². The number of pyridine rings is 2. The number of benzene rings is 1. The molecule has 0 spiro atoms. The fraction of sp³-hybridized carbons (Fsp3) is 0.429. The molecule has 4 nitrogen and oxygen atoms in total. The molecular formula is C28H38N4. The van der Waals surface area contributed by atoms with Crippen LogP contribution in [0.1, 0.15) is 59.3 Å². The molecule has 0 amide bonds. The molecule has 3 aromatic rings. The Hall–Kier alpha value is -2.56. The van der Waals surface area contributed by atoms with Gasteiger partial charge in [0.1, 0.15) is 0 Å². The quantitative estimate of drug-likeness (QED) is 0.388. The van der Waals surface area contributed by atoms with E-state index in [4.69, 9.17) is 9.97 Å². The largest absolute Gasteiger partial charge is 0.320 e. The number of hydrogen-bond donors (Lipinski definition) is 1. The lowest BCUT2D eigenvalue weighted by atomic mass is 9.92. The Morgan fingerprint density at radius 2 is 1.72 bits per heavy atom. The van der Waals surface area contributed by atoms with Crippen LogP contribution in [-0.4, -0.2) is 35.0 Å². The summed E-state index contributed by atoms with van der Waals surface area (Å²) in [6, 6.07) is 17.3. The minimum atomic E-state index is 0.423. The van der Waals surface area contributed by atoms with Gasteiger partial charge >= 0.3 is 0 Å². The Labute approximate surface area is 194 Å². The van der Waals surface area contributed by atoms with Crippen molar-refractivity contribution in [3.63, 3.8) is 0 Å². The summed E-state index contributed by atoms with van der Waals surface area (Å²) in [4.78, 5) is 12.1. The van der Waals surface area contributed by atoms with Crippen LogP contribution in [0.25, 0.3) is 0 Å². The lowest BCUT2D eigenvalue weighted by Crippen LogP contribution is -2.27. The number of rotatable bonds is 12. The maximum absolute atomic E-state index is 4.83. The standard InChI is InChI=1S/C28H38N4/c1-22-17-24(3)27(31-19-22)20-32(16-9-8-14-29-4)21-28-26(13-10-15-30-28)23(2)18-25-11-6-5-7-12-25/h5-7,10-13,15,17,19,23,29H,8-9,14,16,18,20-21H2,1-4H3. The summed E-state index contributed by atoms with van der Waals surface area (Å²) in [6.07, 6.45) is 7.28. The van der Waals surface area contributed by atoms with Crippen molar-refractivity contribution in [1.29, 1.82) is 0 Å². The van der Waals surface area contributed by atoms with Gasteiger partial charge in [-0.3, -0.25) is 14.9 Å². The molecule has 4 heteroatoms.